The van der Waals surface area contributed by atoms with Gasteiger partial charge in [-0.1, -0.05) is 53.8 Å². The number of hydrogen-bond acceptors (Lipinski definition) is 11. The molecule has 2 saturated heterocycles. The molecule has 0 bridgehead atoms. The fraction of sp³-hybridized carbons (Fsp3) is 0.533. The number of sulfonamides is 1. The Balaban J connectivity index is 0.00000433. The Bertz CT molecular complexity index is 1680. The predicted molar refractivity (Wildman–Crippen MR) is 193 cm³/mol. The third-order valence-electron chi connectivity index (χ3n) is 8.86. The van der Waals surface area contributed by atoms with Crippen LogP contribution in [0.3, 0.4) is 0 Å². The minimum Gasteiger partial charge on any atom is -0.359 e. The summed E-state index contributed by atoms with van der Waals surface area (Å²) in [6.45, 7) is 4.78. The normalized spacial score (nSPS) is 18.5. The van der Waals surface area contributed by atoms with E-state index in [9.17, 15) is 18.0 Å². The molecule has 0 atom stereocenters. The maximum atomic E-state index is 13.4. The lowest BCUT2D eigenvalue weighted by molar-refractivity contribution is -0.123. The Morgan fingerprint density at radius 1 is 0.957 bits per heavy atom. The number of piperidine rings is 1. The molecule has 1 saturated carbocycles. The highest BCUT2D eigenvalue weighted by Crippen LogP contribution is 2.42. The van der Waals surface area contributed by atoms with Gasteiger partial charge in [0.25, 0.3) is 5.91 Å². The van der Waals surface area contributed by atoms with E-state index in [2.05, 4.69) is 24.8 Å². The second-order valence-electron chi connectivity index (χ2n) is 12.1. The van der Waals surface area contributed by atoms with Crippen LogP contribution in [0.4, 0.5) is 16.0 Å². The van der Waals surface area contributed by atoms with Gasteiger partial charge in [0.15, 0.2) is 5.13 Å². The van der Waals surface area contributed by atoms with Crippen LogP contribution in [0, 0.1) is 5.92 Å². The minimum atomic E-state index is -3.60. The van der Waals surface area contributed by atoms with Crippen LogP contribution in [-0.2, 0) is 14.8 Å². The third kappa shape index (κ3) is 8.89. The molecule has 3 aliphatic rings. The quantitative estimate of drug-likeness (QED) is 0.285. The molecule has 0 spiro atoms. The maximum absolute atomic E-state index is 13.4. The number of thiazole rings is 1. The molecule has 11 nitrogen and oxygen atoms in total. The van der Waals surface area contributed by atoms with Crippen molar-refractivity contribution < 1.29 is 18.0 Å². The summed E-state index contributed by atoms with van der Waals surface area (Å²) in [6.07, 6.45) is 9.95. The summed E-state index contributed by atoms with van der Waals surface area (Å²) >= 11 is 15.9. The van der Waals surface area contributed by atoms with E-state index in [-0.39, 0.29) is 18.3 Å². The smallest absolute Gasteiger partial charge is 0.259 e. The van der Waals surface area contributed by atoms with Crippen molar-refractivity contribution in [2.24, 2.45) is 5.92 Å². The topological polar surface area (TPSA) is 128 Å². The number of thiophene rings is 1. The Morgan fingerprint density at radius 2 is 1.66 bits per heavy atom. The Kier molecular flexibility index (Phi) is 12.0. The van der Waals surface area contributed by atoms with Crippen LogP contribution in [0.2, 0.25) is 10.0 Å². The standard InChI is InChI=1S/C30H37Cl2N7O4S3.ClH/c1-46(42,43)36-28(41)19-7-9-38(10-8-19)26-23(32)15-20(17-33-26)27(40)35-30-34-25(24-16-21(31)18-44-24)29(45-30)39-13-11-37(12-14-39)22-5-3-2-4-6-22;/h15-19,22H,2-14H2,1H3,(H,36,41)(H,34,35,40);1H. The highest BCUT2D eigenvalue weighted by atomic mass is 35.5. The number of nitrogens with zero attached hydrogens (tertiary/aromatic N) is 5. The van der Waals surface area contributed by atoms with Crippen molar-refractivity contribution in [2.45, 2.75) is 51.0 Å². The van der Waals surface area contributed by atoms with E-state index in [1.807, 2.05) is 16.3 Å². The average Bonchev–Trinajstić information content (AvgIpc) is 3.67. The number of rotatable bonds is 8. The van der Waals surface area contributed by atoms with Crippen LogP contribution in [-0.4, -0.2) is 86.7 Å². The summed E-state index contributed by atoms with van der Waals surface area (Å²) in [4.78, 5) is 42.8. The number of hydrogen-bond donors (Lipinski definition) is 2. The molecule has 2 N–H and O–H groups in total. The molecule has 5 heterocycles. The Labute approximate surface area is 299 Å². The zero-order valence-electron chi connectivity index (χ0n) is 25.9. The number of anilines is 3. The van der Waals surface area contributed by atoms with E-state index in [1.165, 1.54) is 61.0 Å². The molecule has 3 aromatic rings. The lowest BCUT2D eigenvalue weighted by Crippen LogP contribution is -2.50. The van der Waals surface area contributed by atoms with Gasteiger partial charge >= 0.3 is 0 Å². The van der Waals surface area contributed by atoms with Crippen LogP contribution < -0.4 is 19.8 Å². The lowest BCUT2D eigenvalue weighted by Gasteiger charge is -2.41. The first kappa shape index (κ1) is 36.1. The largest absolute Gasteiger partial charge is 0.359 e. The summed E-state index contributed by atoms with van der Waals surface area (Å²) in [6, 6.07) is 4.19. The van der Waals surface area contributed by atoms with E-state index < -0.39 is 21.8 Å². The first-order chi connectivity index (χ1) is 22.0. The van der Waals surface area contributed by atoms with Crippen molar-refractivity contribution in [3.05, 3.63) is 39.3 Å². The summed E-state index contributed by atoms with van der Waals surface area (Å²) < 4.78 is 24.9. The second-order valence-corrected chi connectivity index (χ2v) is 16.6. The number of carbonyl (C=O) groups is 2. The summed E-state index contributed by atoms with van der Waals surface area (Å²) in [5.74, 6) is -0.754. The number of piperazine rings is 1. The number of carbonyl (C=O) groups excluding carboxylic acids is 2. The Morgan fingerprint density at radius 3 is 2.28 bits per heavy atom. The summed E-state index contributed by atoms with van der Waals surface area (Å²) in [5.41, 5.74) is 1.12. The molecule has 1 aliphatic carbocycles. The van der Waals surface area contributed by atoms with E-state index in [1.54, 1.807) is 6.07 Å². The molecule has 17 heteroatoms. The summed E-state index contributed by atoms with van der Waals surface area (Å²) in [5, 5.41) is 7.34. The average molecular weight is 763 g/mol. The fourth-order valence-corrected chi connectivity index (χ4v) is 9.46. The van der Waals surface area contributed by atoms with E-state index >= 15 is 0 Å². The van der Waals surface area contributed by atoms with Gasteiger partial charge in [0.2, 0.25) is 15.9 Å². The van der Waals surface area contributed by atoms with E-state index in [0.717, 1.165) is 48.0 Å². The second kappa shape index (κ2) is 15.6. The molecule has 0 aromatic carbocycles. The fourth-order valence-electron chi connectivity index (χ4n) is 6.49. The molecule has 47 heavy (non-hydrogen) atoms. The molecular formula is C30H38Cl3N7O4S3. The van der Waals surface area contributed by atoms with Gasteiger partial charge in [0, 0.05) is 62.8 Å². The molecular weight excluding hydrogens is 725 g/mol. The van der Waals surface area contributed by atoms with Crippen LogP contribution >= 0.6 is 58.3 Å². The van der Waals surface area contributed by atoms with Crippen LogP contribution in [0.1, 0.15) is 55.3 Å². The molecule has 0 radical (unpaired) electrons. The van der Waals surface area contributed by atoms with Crippen molar-refractivity contribution in [3.8, 4) is 10.6 Å². The van der Waals surface area contributed by atoms with Crippen LogP contribution in [0.25, 0.3) is 10.6 Å². The van der Waals surface area contributed by atoms with Crippen molar-refractivity contribution in [1.82, 2.24) is 19.6 Å². The first-order valence-electron chi connectivity index (χ1n) is 15.5. The van der Waals surface area contributed by atoms with Crippen LogP contribution in [0.15, 0.2) is 23.7 Å². The van der Waals surface area contributed by atoms with Crippen molar-refractivity contribution >= 4 is 96.1 Å². The van der Waals surface area contributed by atoms with Gasteiger partial charge in [0.05, 0.1) is 26.7 Å². The number of halogens is 3. The van der Waals surface area contributed by atoms with E-state index in [0.29, 0.717) is 58.5 Å². The van der Waals surface area contributed by atoms with E-state index in [4.69, 9.17) is 28.2 Å². The Hall–Kier alpha value is -2.20. The number of pyridine rings is 1. The van der Waals surface area contributed by atoms with Gasteiger partial charge in [0.1, 0.15) is 16.5 Å². The zero-order valence-corrected chi connectivity index (χ0v) is 30.7. The lowest BCUT2D eigenvalue weighted by atomic mass is 9.94. The van der Waals surface area contributed by atoms with Gasteiger partial charge in [-0.15, -0.1) is 23.7 Å². The third-order valence-corrected chi connectivity index (χ3v) is 12.0. The predicted octanol–water partition coefficient (Wildman–Crippen LogP) is 5.99. The van der Waals surface area contributed by atoms with Crippen molar-refractivity contribution in [1.29, 1.82) is 0 Å². The monoisotopic (exact) mass is 761 g/mol. The van der Waals surface area contributed by atoms with Crippen LogP contribution in [0.5, 0.6) is 0 Å². The van der Waals surface area contributed by atoms with Crippen molar-refractivity contribution in [2.75, 3.05) is 60.6 Å². The molecule has 256 valence electrons. The van der Waals surface area contributed by atoms with Gasteiger partial charge in [-0.2, -0.15) is 0 Å². The first-order valence-corrected chi connectivity index (χ1v) is 19.9. The molecule has 0 unspecified atom stereocenters. The summed E-state index contributed by atoms with van der Waals surface area (Å²) in [7, 11) is -3.60. The highest BCUT2D eigenvalue weighted by Gasteiger charge is 2.30. The van der Waals surface area contributed by atoms with Gasteiger partial charge in [-0.05, 0) is 37.8 Å². The number of nitrogens with one attached hydrogen (secondary N) is 2. The number of amides is 2. The molecule has 2 amide bonds. The molecule has 3 aromatic heterocycles. The maximum Gasteiger partial charge on any atom is 0.259 e. The molecule has 2 aliphatic heterocycles. The van der Waals surface area contributed by atoms with Gasteiger partial charge in [-0.25, -0.2) is 18.4 Å². The van der Waals surface area contributed by atoms with Gasteiger partial charge in [-0.3, -0.25) is 24.5 Å². The SMILES string of the molecule is CS(=O)(=O)NC(=O)C1CCN(c2ncc(C(=O)Nc3nc(-c4cc(Cl)cs4)c(N4CCN(C5CCCCC5)CC4)s3)cc2Cl)CC1.Cl. The molecule has 6 rings (SSSR count). The molecule has 3 fully saturated rings. The highest BCUT2D eigenvalue weighted by molar-refractivity contribution is 7.89. The van der Waals surface area contributed by atoms with Crippen molar-refractivity contribution in [3.63, 3.8) is 0 Å². The van der Waals surface area contributed by atoms with Gasteiger partial charge < -0.3 is 9.80 Å². The zero-order chi connectivity index (χ0) is 32.4. The number of aromatic nitrogens is 2. The minimum absolute atomic E-state index is 0.